The van der Waals surface area contributed by atoms with Crippen molar-refractivity contribution in [1.82, 2.24) is 14.9 Å². The molecule has 1 fully saturated rings. The summed E-state index contributed by atoms with van der Waals surface area (Å²) in [6, 6.07) is 6.76. The smallest absolute Gasteiger partial charge is 0.316 e. The summed E-state index contributed by atoms with van der Waals surface area (Å²) in [6.45, 7) is 2.97. The van der Waals surface area contributed by atoms with Gasteiger partial charge in [-0.05, 0) is 37.0 Å². The minimum atomic E-state index is -2.57. The van der Waals surface area contributed by atoms with Crippen LogP contribution in [0.3, 0.4) is 0 Å². The van der Waals surface area contributed by atoms with Crippen molar-refractivity contribution in [2.75, 3.05) is 13.1 Å². The highest BCUT2D eigenvalue weighted by Crippen LogP contribution is 2.29. The van der Waals surface area contributed by atoms with Gasteiger partial charge in [0.05, 0.1) is 12.1 Å². The lowest BCUT2D eigenvalue weighted by Gasteiger charge is -2.32. The lowest BCUT2D eigenvalue weighted by atomic mass is 10.1. The number of amides is 1. The molecule has 1 aliphatic heterocycles. The van der Waals surface area contributed by atoms with Crippen LogP contribution >= 0.6 is 11.8 Å². The first kappa shape index (κ1) is 19.5. The summed E-state index contributed by atoms with van der Waals surface area (Å²) >= 11 is 0.392. The van der Waals surface area contributed by atoms with Gasteiger partial charge in [0.15, 0.2) is 0 Å². The van der Waals surface area contributed by atoms with Gasteiger partial charge in [-0.25, -0.2) is 9.97 Å². The predicted octanol–water partition coefficient (Wildman–Crippen LogP) is 4.04. The molecule has 3 rings (SSSR count). The maximum Gasteiger partial charge on any atom is 0.316 e. The number of aryl methyl sites for hydroxylation is 1. The molecule has 144 valence electrons. The van der Waals surface area contributed by atoms with Gasteiger partial charge in [-0.2, -0.15) is 8.78 Å². The number of hydrogen-bond acceptors (Lipinski definition) is 5. The molecule has 27 heavy (non-hydrogen) atoms. The van der Waals surface area contributed by atoms with Gasteiger partial charge in [-0.3, -0.25) is 4.79 Å². The minimum absolute atomic E-state index is 0.218. The molecule has 0 bridgehead atoms. The maximum absolute atomic E-state index is 12.9. The Kier molecular flexibility index (Phi) is 6.60. The van der Waals surface area contributed by atoms with E-state index in [0.717, 1.165) is 24.8 Å². The van der Waals surface area contributed by atoms with Gasteiger partial charge in [-0.15, -0.1) is 0 Å². The average Bonchev–Trinajstić information content (AvgIpc) is 2.68. The molecule has 1 aromatic heterocycles. The zero-order chi connectivity index (χ0) is 19.2. The van der Waals surface area contributed by atoms with Gasteiger partial charge in [0.25, 0.3) is 11.7 Å². The molecule has 0 spiro atoms. The molecule has 2 heterocycles. The Morgan fingerprint density at radius 2 is 2.07 bits per heavy atom. The fourth-order valence-corrected chi connectivity index (χ4v) is 3.60. The fourth-order valence-electron chi connectivity index (χ4n) is 2.97. The topological polar surface area (TPSA) is 55.3 Å². The van der Waals surface area contributed by atoms with Crippen LogP contribution in [0.5, 0.6) is 6.01 Å². The Bertz CT molecular complexity index is 774. The number of benzene rings is 1. The van der Waals surface area contributed by atoms with Gasteiger partial charge in [0.2, 0.25) is 0 Å². The number of rotatable bonds is 6. The van der Waals surface area contributed by atoms with Crippen molar-refractivity contribution in [1.29, 1.82) is 0 Å². The first-order valence-electron chi connectivity index (χ1n) is 8.87. The molecule has 0 radical (unpaired) electrons. The molecule has 1 atom stereocenters. The van der Waals surface area contributed by atoms with Crippen LogP contribution in [0.15, 0.2) is 41.6 Å². The molecule has 0 N–H and O–H groups in total. The summed E-state index contributed by atoms with van der Waals surface area (Å²) < 4.78 is 31.4. The zero-order valence-corrected chi connectivity index (χ0v) is 15.8. The molecule has 1 unspecified atom stereocenters. The SMILES string of the molecule is CCc1cnc(OC2CCCN(C(=O)c3ccccc3SC(F)F)C2)nc1. The monoisotopic (exact) mass is 393 g/mol. The third kappa shape index (κ3) is 5.15. The number of thioether (sulfide) groups is 1. The molecule has 1 amide bonds. The van der Waals surface area contributed by atoms with E-state index in [2.05, 4.69) is 9.97 Å². The maximum atomic E-state index is 12.9. The van der Waals surface area contributed by atoms with E-state index >= 15 is 0 Å². The summed E-state index contributed by atoms with van der Waals surface area (Å²) in [5.41, 5.74) is 1.32. The quantitative estimate of drug-likeness (QED) is 0.694. The first-order chi connectivity index (χ1) is 13.1. The Morgan fingerprint density at radius 3 is 2.78 bits per heavy atom. The van der Waals surface area contributed by atoms with Crippen LogP contribution in [0.2, 0.25) is 0 Å². The van der Waals surface area contributed by atoms with Gasteiger partial charge in [0, 0.05) is 23.8 Å². The summed E-state index contributed by atoms with van der Waals surface area (Å²) in [6.07, 6.45) is 5.65. The highest BCUT2D eigenvalue weighted by molar-refractivity contribution is 7.99. The summed E-state index contributed by atoms with van der Waals surface area (Å²) in [5.74, 6) is -2.83. The number of hydrogen-bond donors (Lipinski definition) is 0. The van der Waals surface area contributed by atoms with E-state index in [9.17, 15) is 13.6 Å². The number of halogens is 2. The van der Waals surface area contributed by atoms with Crippen molar-refractivity contribution >= 4 is 17.7 Å². The van der Waals surface area contributed by atoms with E-state index in [1.165, 1.54) is 0 Å². The third-order valence-electron chi connectivity index (χ3n) is 4.36. The number of likely N-dealkylation sites (tertiary alicyclic amines) is 1. The summed E-state index contributed by atoms with van der Waals surface area (Å²) in [5, 5.41) is 0. The number of nitrogens with zero attached hydrogens (tertiary/aromatic N) is 3. The van der Waals surface area contributed by atoms with E-state index in [1.54, 1.807) is 41.6 Å². The largest absolute Gasteiger partial charge is 0.458 e. The molecular weight excluding hydrogens is 372 g/mol. The van der Waals surface area contributed by atoms with E-state index in [1.807, 2.05) is 6.92 Å². The molecule has 1 aromatic carbocycles. The Morgan fingerprint density at radius 1 is 1.33 bits per heavy atom. The van der Waals surface area contributed by atoms with Gasteiger partial charge < -0.3 is 9.64 Å². The lowest BCUT2D eigenvalue weighted by molar-refractivity contribution is 0.0512. The standard InChI is InChI=1S/C19H21F2N3O2S/c1-2-13-10-22-19(23-11-13)26-14-6-5-9-24(12-14)17(25)15-7-3-4-8-16(15)27-18(20)21/h3-4,7-8,10-11,14,18H,2,5-6,9,12H2,1H3. The number of piperidine rings is 1. The highest BCUT2D eigenvalue weighted by Gasteiger charge is 2.28. The molecule has 1 aliphatic rings. The van der Waals surface area contributed by atoms with Crippen LogP contribution in [-0.2, 0) is 6.42 Å². The van der Waals surface area contributed by atoms with E-state index < -0.39 is 5.76 Å². The van der Waals surface area contributed by atoms with Crippen molar-refractivity contribution < 1.29 is 18.3 Å². The molecular formula is C19H21F2N3O2S. The van der Waals surface area contributed by atoms with Crippen molar-refractivity contribution in [3.05, 3.63) is 47.8 Å². The number of carbonyl (C=O) groups is 1. The van der Waals surface area contributed by atoms with Crippen LogP contribution in [0.1, 0.15) is 35.7 Å². The molecule has 0 aliphatic carbocycles. The van der Waals surface area contributed by atoms with Crippen molar-refractivity contribution in [2.45, 2.75) is 42.9 Å². The van der Waals surface area contributed by atoms with Crippen LogP contribution in [-0.4, -0.2) is 45.7 Å². The second-order valence-corrected chi connectivity index (χ2v) is 7.27. The second kappa shape index (κ2) is 9.12. The molecule has 0 saturated carbocycles. The fraction of sp³-hybridized carbons (Fsp3) is 0.421. The molecule has 1 saturated heterocycles. The van der Waals surface area contributed by atoms with Crippen molar-refractivity contribution in [2.24, 2.45) is 0 Å². The first-order valence-corrected chi connectivity index (χ1v) is 9.75. The van der Waals surface area contributed by atoms with E-state index in [4.69, 9.17) is 4.74 Å². The molecule has 8 heteroatoms. The minimum Gasteiger partial charge on any atom is -0.458 e. The van der Waals surface area contributed by atoms with Crippen LogP contribution in [0.4, 0.5) is 8.78 Å². The van der Waals surface area contributed by atoms with Crippen LogP contribution in [0, 0.1) is 0 Å². The van der Waals surface area contributed by atoms with Gasteiger partial charge in [0.1, 0.15) is 6.10 Å². The molecule has 2 aromatic rings. The van der Waals surface area contributed by atoms with Crippen molar-refractivity contribution in [3.8, 4) is 6.01 Å². The Labute approximate surface area is 161 Å². The number of carbonyl (C=O) groups excluding carboxylic acids is 1. The van der Waals surface area contributed by atoms with Gasteiger partial charge in [-0.1, -0.05) is 30.8 Å². The van der Waals surface area contributed by atoms with Crippen LogP contribution < -0.4 is 4.74 Å². The molecule has 5 nitrogen and oxygen atoms in total. The lowest BCUT2D eigenvalue weighted by Crippen LogP contribution is -2.44. The third-order valence-corrected chi connectivity index (χ3v) is 5.15. The van der Waals surface area contributed by atoms with E-state index in [0.29, 0.717) is 41.3 Å². The van der Waals surface area contributed by atoms with E-state index in [-0.39, 0.29) is 12.0 Å². The number of aromatic nitrogens is 2. The Balaban J connectivity index is 1.67. The number of alkyl halides is 2. The van der Waals surface area contributed by atoms with Crippen LogP contribution in [0.25, 0.3) is 0 Å². The second-order valence-electron chi connectivity index (χ2n) is 6.24. The zero-order valence-electron chi connectivity index (χ0n) is 15.0. The predicted molar refractivity (Wildman–Crippen MR) is 99.3 cm³/mol. The number of ether oxygens (including phenoxy) is 1. The van der Waals surface area contributed by atoms with Crippen molar-refractivity contribution in [3.63, 3.8) is 0 Å². The normalized spacial score (nSPS) is 17.2. The van der Waals surface area contributed by atoms with Gasteiger partial charge >= 0.3 is 6.01 Å². The Hall–Kier alpha value is -2.22. The summed E-state index contributed by atoms with van der Waals surface area (Å²) in [7, 11) is 0. The summed E-state index contributed by atoms with van der Waals surface area (Å²) in [4.78, 5) is 23.2. The average molecular weight is 393 g/mol. The highest BCUT2D eigenvalue weighted by atomic mass is 32.2.